The molecule has 0 radical (unpaired) electrons. The summed E-state index contributed by atoms with van der Waals surface area (Å²) >= 11 is 0. The van der Waals surface area contributed by atoms with E-state index in [1.54, 1.807) is 0 Å². The topological polar surface area (TPSA) is 58.2 Å². The summed E-state index contributed by atoms with van der Waals surface area (Å²) in [6, 6.07) is 0.248. The van der Waals surface area contributed by atoms with E-state index in [1.807, 2.05) is 6.92 Å². The first-order valence-corrected chi connectivity index (χ1v) is 7.97. The molecule has 1 aliphatic carbocycles. The summed E-state index contributed by atoms with van der Waals surface area (Å²) in [6.45, 7) is 3.59. The molecule has 1 saturated heterocycles. The Labute approximate surface area is 105 Å². The van der Waals surface area contributed by atoms with Crippen molar-refractivity contribution in [3.8, 4) is 0 Å². The molecule has 3 atom stereocenters. The van der Waals surface area contributed by atoms with Crippen molar-refractivity contribution in [2.24, 2.45) is 5.92 Å². The maximum Gasteiger partial charge on any atom is 0.225 e. The van der Waals surface area contributed by atoms with Crippen molar-refractivity contribution in [3.05, 3.63) is 0 Å². The molecule has 1 saturated carbocycles. The van der Waals surface area contributed by atoms with Gasteiger partial charge in [0.15, 0.2) is 0 Å². The van der Waals surface area contributed by atoms with Gasteiger partial charge in [0.2, 0.25) is 5.91 Å². The summed E-state index contributed by atoms with van der Waals surface area (Å²) in [5.41, 5.74) is 0. The Morgan fingerprint density at radius 1 is 1.41 bits per heavy atom. The Morgan fingerprint density at radius 2 is 2.18 bits per heavy atom. The van der Waals surface area contributed by atoms with E-state index in [9.17, 15) is 9.00 Å². The largest absolute Gasteiger partial charge is 0.353 e. The normalized spacial score (nSPS) is 31.6. The van der Waals surface area contributed by atoms with Gasteiger partial charge in [-0.25, -0.2) is 0 Å². The SMILES string of the molecule is CCS(=O)C1CCCC(NC(=O)C2CNC2)C1. The number of carbonyl (C=O) groups is 1. The van der Waals surface area contributed by atoms with Crippen LogP contribution in [0.2, 0.25) is 0 Å². The first-order chi connectivity index (χ1) is 8.20. The molecular weight excluding hydrogens is 236 g/mol. The molecule has 3 unspecified atom stereocenters. The summed E-state index contributed by atoms with van der Waals surface area (Å²) < 4.78 is 11.8. The summed E-state index contributed by atoms with van der Waals surface area (Å²) in [4.78, 5) is 11.8. The van der Waals surface area contributed by atoms with Gasteiger partial charge < -0.3 is 10.6 Å². The van der Waals surface area contributed by atoms with E-state index < -0.39 is 10.8 Å². The van der Waals surface area contributed by atoms with Crippen molar-refractivity contribution in [2.75, 3.05) is 18.8 Å². The van der Waals surface area contributed by atoms with Gasteiger partial charge in [-0.1, -0.05) is 13.3 Å². The standard InChI is InChI=1S/C12H22N2O2S/c1-2-17(16)11-5-3-4-10(6-11)14-12(15)9-7-13-8-9/h9-11,13H,2-8H2,1H3,(H,14,15). The lowest BCUT2D eigenvalue weighted by atomic mass is 9.93. The minimum absolute atomic E-state index is 0.159. The molecule has 1 heterocycles. The lowest BCUT2D eigenvalue weighted by molar-refractivity contribution is -0.127. The first kappa shape index (κ1) is 13.0. The van der Waals surface area contributed by atoms with Crippen LogP contribution in [-0.4, -0.2) is 40.3 Å². The Bertz CT molecular complexity index is 305. The average molecular weight is 258 g/mol. The molecule has 98 valence electrons. The quantitative estimate of drug-likeness (QED) is 0.767. The van der Waals surface area contributed by atoms with Gasteiger partial charge in [-0.15, -0.1) is 0 Å². The van der Waals surface area contributed by atoms with E-state index in [2.05, 4.69) is 10.6 Å². The first-order valence-electron chi connectivity index (χ1n) is 6.59. The molecule has 4 nitrogen and oxygen atoms in total. The van der Waals surface area contributed by atoms with E-state index in [0.717, 1.165) is 44.5 Å². The van der Waals surface area contributed by atoms with E-state index in [-0.39, 0.29) is 17.9 Å². The van der Waals surface area contributed by atoms with Crippen molar-refractivity contribution >= 4 is 16.7 Å². The molecule has 2 aliphatic rings. The molecule has 2 fully saturated rings. The van der Waals surface area contributed by atoms with Gasteiger partial charge >= 0.3 is 0 Å². The van der Waals surface area contributed by atoms with Crippen molar-refractivity contribution in [1.82, 2.24) is 10.6 Å². The molecule has 1 amide bonds. The van der Waals surface area contributed by atoms with Gasteiger partial charge in [-0.2, -0.15) is 0 Å². The van der Waals surface area contributed by atoms with Crippen LogP contribution in [0.5, 0.6) is 0 Å². The molecule has 0 spiro atoms. The fourth-order valence-corrected chi connectivity index (χ4v) is 3.89. The minimum Gasteiger partial charge on any atom is -0.353 e. The zero-order valence-corrected chi connectivity index (χ0v) is 11.2. The Morgan fingerprint density at radius 3 is 2.76 bits per heavy atom. The Balaban J connectivity index is 1.80. The van der Waals surface area contributed by atoms with Crippen LogP contribution < -0.4 is 10.6 Å². The van der Waals surface area contributed by atoms with Crippen LogP contribution in [0.3, 0.4) is 0 Å². The van der Waals surface area contributed by atoms with Crippen LogP contribution >= 0.6 is 0 Å². The molecule has 2 N–H and O–H groups in total. The van der Waals surface area contributed by atoms with Crippen LogP contribution in [0.15, 0.2) is 0 Å². The van der Waals surface area contributed by atoms with E-state index in [4.69, 9.17) is 0 Å². The van der Waals surface area contributed by atoms with Gasteiger partial charge in [0.25, 0.3) is 0 Å². The van der Waals surface area contributed by atoms with E-state index in [0.29, 0.717) is 5.25 Å². The van der Waals surface area contributed by atoms with Crippen LogP contribution in [-0.2, 0) is 15.6 Å². The lowest BCUT2D eigenvalue weighted by Crippen LogP contribution is -2.53. The molecule has 2 rings (SSSR count). The van der Waals surface area contributed by atoms with Gasteiger partial charge in [-0.3, -0.25) is 9.00 Å². The van der Waals surface area contributed by atoms with Crippen molar-refractivity contribution in [2.45, 2.75) is 43.9 Å². The number of nitrogens with one attached hydrogen (secondary N) is 2. The van der Waals surface area contributed by atoms with Gasteiger partial charge in [0.05, 0.1) is 5.92 Å². The fourth-order valence-electron chi connectivity index (χ4n) is 2.54. The van der Waals surface area contributed by atoms with Crippen molar-refractivity contribution in [3.63, 3.8) is 0 Å². The summed E-state index contributed by atoms with van der Waals surface area (Å²) in [7, 11) is -0.711. The number of rotatable bonds is 4. The summed E-state index contributed by atoms with van der Waals surface area (Å²) in [6.07, 6.45) is 4.08. The molecular formula is C12H22N2O2S. The summed E-state index contributed by atoms with van der Waals surface area (Å²) in [5.74, 6) is 1.07. The summed E-state index contributed by atoms with van der Waals surface area (Å²) in [5, 5.41) is 6.51. The Kier molecular flexibility index (Phi) is 4.56. The maximum atomic E-state index is 11.8. The highest BCUT2D eigenvalue weighted by molar-refractivity contribution is 7.85. The number of hydrogen-bond donors (Lipinski definition) is 2. The minimum atomic E-state index is -0.711. The second-order valence-corrected chi connectivity index (χ2v) is 7.02. The molecule has 17 heavy (non-hydrogen) atoms. The molecule has 0 aromatic rings. The predicted molar refractivity (Wildman–Crippen MR) is 69.2 cm³/mol. The molecule has 1 aliphatic heterocycles. The zero-order chi connectivity index (χ0) is 12.3. The van der Waals surface area contributed by atoms with Gasteiger partial charge in [0, 0.05) is 40.9 Å². The van der Waals surface area contributed by atoms with Gasteiger partial charge in [-0.05, 0) is 19.3 Å². The predicted octanol–water partition coefficient (Wildman–Crippen LogP) is 0.402. The highest BCUT2D eigenvalue weighted by atomic mass is 32.2. The van der Waals surface area contributed by atoms with E-state index >= 15 is 0 Å². The van der Waals surface area contributed by atoms with Crippen LogP contribution in [0.1, 0.15) is 32.6 Å². The average Bonchev–Trinajstić information content (AvgIpc) is 2.26. The number of carbonyl (C=O) groups excluding carboxylic acids is 1. The smallest absolute Gasteiger partial charge is 0.225 e. The van der Waals surface area contributed by atoms with E-state index in [1.165, 1.54) is 0 Å². The van der Waals surface area contributed by atoms with Gasteiger partial charge in [0.1, 0.15) is 0 Å². The third kappa shape index (κ3) is 3.28. The molecule has 5 heteroatoms. The highest BCUT2D eigenvalue weighted by Gasteiger charge is 2.30. The second-order valence-electron chi connectivity index (χ2n) is 5.02. The number of amides is 1. The van der Waals surface area contributed by atoms with Crippen molar-refractivity contribution in [1.29, 1.82) is 0 Å². The zero-order valence-electron chi connectivity index (χ0n) is 10.4. The van der Waals surface area contributed by atoms with Crippen LogP contribution in [0.25, 0.3) is 0 Å². The molecule has 0 bridgehead atoms. The van der Waals surface area contributed by atoms with Crippen LogP contribution in [0, 0.1) is 5.92 Å². The molecule has 0 aromatic carbocycles. The highest BCUT2D eigenvalue weighted by Crippen LogP contribution is 2.23. The lowest BCUT2D eigenvalue weighted by Gasteiger charge is -2.32. The maximum absolute atomic E-state index is 11.8. The van der Waals surface area contributed by atoms with Crippen molar-refractivity contribution < 1.29 is 9.00 Å². The number of hydrogen-bond acceptors (Lipinski definition) is 3. The van der Waals surface area contributed by atoms with Crippen LogP contribution in [0.4, 0.5) is 0 Å². The third-order valence-electron chi connectivity index (χ3n) is 3.78. The Hall–Kier alpha value is -0.420. The monoisotopic (exact) mass is 258 g/mol. The second kappa shape index (κ2) is 5.96. The third-order valence-corrected chi connectivity index (χ3v) is 5.52. The fraction of sp³-hybridized carbons (Fsp3) is 0.917. The molecule has 0 aromatic heterocycles.